The normalized spacial score (nSPS) is 26.5. The van der Waals surface area contributed by atoms with Crippen LogP contribution in [-0.4, -0.2) is 22.9 Å². The molecular formula is C27H25N3O2. The summed E-state index contributed by atoms with van der Waals surface area (Å²) in [4.78, 5) is 23.0. The largest absolute Gasteiger partial charge is 0.481 e. The maximum atomic E-state index is 13.2. The van der Waals surface area contributed by atoms with Gasteiger partial charge in [0.25, 0.3) is 0 Å². The molecule has 1 saturated carbocycles. The minimum atomic E-state index is -0.694. The molecule has 0 spiro atoms. The number of carbonyl (C=O) groups is 1. The molecule has 0 saturated heterocycles. The van der Waals surface area contributed by atoms with Crippen molar-refractivity contribution in [3.05, 3.63) is 77.5 Å². The van der Waals surface area contributed by atoms with E-state index >= 15 is 0 Å². The Kier molecular flexibility index (Phi) is 5.22. The Morgan fingerprint density at radius 3 is 2.34 bits per heavy atom. The first-order chi connectivity index (χ1) is 15.6. The number of benzene rings is 2. The van der Waals surface area contributed by atoms with Gasteiger partial charge in [0.05, 0.1) is 18.9 Å². The van der Waals surface area contributed by atoms with Crippen molar-refractivity contribution in [3.8, 4) is 23.3 Å². The molecule has 2 aliphatic rings. The zero-order chi connectivity index (χ0) is 22.2. The van der Waals surface area contributed by atoms with E-state index in [1.54, 1.807) is 7.11 Å². The second-order valence-electron chi connectivity index (χ2n) is 8.75. The van der Waals surface area contributed by atoms with Gasteiger partial charge in [-0.2, -0.15) is 10.2 Å². The van der Waals surface area contributed by atoms with Crippen molar-refractivity contribution in [3.63, 3.8) is 0 Å². The number of Topliss-reactive ketones (excluding diaryl/α,β-unsaturated/α-hetero) is 1. The Hall–Kier alpha value is -3.52. The first kappa shape index (κ1) is 20.4. The number of ether oxygens (including phenoxy) is 1. The predicted octanol–water partition coefficient (Wildman–Crippen LogP) is 4.94. The molecule has 0 amide bonds. The molecule has 160 valence electrons. The van der Waals surface area contributed by atoms with Gasteiger partial charge < -0.3 is 4.74 Å². The van der Waals surface area contributed by atoms with E-state index in [4.69, 9.17) is 14.7 Å². The third-order valence-corrected chi connectivity index (χ3v) is 7.20. The van der Waals surface area contributed by atoms with Crippen molar-refractivity contribution >= 4 is 5.78 Å². The first-order valence-electron chi connectivity index (χ1n) is 11.1. The molecule has 2 aliphatic carbocycles. The van der Waals surface area contributed by atoms with E-state index < -0.39 is 5.92 Å². The molecule has 3 aromatic rings. The van der Waals surface area contributed by atoms with Gasteiger partial charge in [0.2, 0.25) is 5.88 Å². The van der Waals surface area contributed by atoms with Crippen molar-refractivity contribution < 1.29 is 9.53 Å². The molecule has 5 nitrogen and oxygen atoms in total. The smallest absolute Gasteiger partial charge is 0.220 e. The van der Waals surface area contributed by atoms with E-state index in [1.807, 2.05) is 67.6 Å². The van der Waals surface area contributed by atoms with Crippen LogP contribution in [0.15, 0.2) is 60.7 Å². The van der Waals surface area contributed by atoms with Gasteiger partial charge in [-0.15, -0.1) is 0 Å². The average Bonchev–Trinajstić information content (AvgIpc) is 2.86. The quantitative estimate of drug-likeness (QED) is 0.596. The molecule has 0 radical (unpaired) electrons. The third kappa shape index (κ3) is 3.18. The molecule has 0 bridgehead atoms. The Morgan fingerprint density at radius 2 is 1.69 bits per heavy atom. The maximum Gasteiger partial charge on any atom is 0.220 e. The van der Waals surface area contributed by atoms with Crippen molar-refractivity contribution in [2.45, 2.75) is 31.6 Å². The van der Waals surface area contributed by atoms with Crippen LogP contribution in [-0.2, 0) is 11.2 Å². The maximum absolute atomic E-state index is 13.2. The molecule has 0 aliphatic heterocycles. The highest BCUT2D eigenvalue weighted by Crippen LogP contribution is 2.55. The summed E-state index contributed by atoms with van der Waals surface area (Å²) in [7, 11) is 1.64. The monoisotopic (exact) mass is 423 g/mol. The summed E-state index contributed by atoms with van der Waals surface area (Å²) in [5, 5.41) is 10.1. The van der Waals surface area contributed by atoms with Gasteiger partial charge in [0, 0.05) is 28.9 Å². The van der Waals surface area contributed by atoms with Gasteiger partial charge >= 0.3 is 0 Å². The Bertz CT molecular complexity index is 1190. The number of nitriles is 1. The summed E-state index contributed by atoms with van der Waals surface area (Å²) in [5.74, 6) is 0.238. The fourth-order valence-electron chi connectivity index (χ4n) is 5.66. The van der Waals surface area contributed by atoms with Crippen LogP contribution in [0.1, 0.15) is 42.0 Å². The summed E-state index contributed by atoms with van der Waals surface area (Å²) in [6.45, 7) is 1.98. The zero-order valence-corrected chi connectivity index (χ0v) is 18.2. The second-order valence-corrected chi connectivity index (χ2v) is 8.75. The van der Waals surface area contributed by atoms with E-state index in [-0.39, 0.29) is 29.5 Å². The van der Waals surface area contributed by atoms with Crippen LogP contribution < -0.4 is 4.74 Å². The predicted molar refractivity (Wildman–Crippen MR) is 121 cm³/mol. The molecule has 5 heteroatoms. The number of rotatable bonds is 3. The highest BCUT2D eigenvalue weighted by atomic mass is 16.5. The van der Waals surface area contributed by atoms with Gasteiger partial charge in [0.15, 0.2) is 11.6 Å². The molecule has 5 rings (SSSR count). The van der Waals surface area contributed by atoms with Crippen molar-refractivity contribution in [2.75, 3.05) is 7.11 Å². The average molecular weight is 424 g/mol. The number of nitrogens with zero attached hydrogens (tertiary/aromatic N) is 3. The molecule has 1 heterocycles. The number of ketones is 1. The molecular weight excluding hydrogens is 398 g/mol. The summed E-state index contributed by atoms with van der Waals surface area (Å²) in [5.41, 5.74) is 3.87. The number of hydrogen-bond acceptors (Lipinski definition) is 5. The minimum Gasteiger partial charge on any atom is -0.481 e. The topological polar surface area (TPSA) is 75.9 Å². The molecule has 1 fully saturated rings. The molecule has 0 N–H and O–H groups in total. The fourth-order valence-corrected chi connectivity index (χ4v) is 5.66. The number of hydrogen-bond donors (Lipinski definition) is 0. The van der Waals surface area contributed by atoms with E-state index in [1.165, 1.54) is 0 Å². The second kappa shape index (κ2) is 8.20. The van der Waals surface area contributed by atoms with Crippen LogP contribution in [0.3, 0.4) is 0 Å². The van der Waals surface area contributed by atoms with Crippen LogP contribution in [0.5, 0.6) is 5.88 Å². The van der Waals surface area contributed by atoms with Crippen LogP contribution >= 0.6 is 0 Å². The summed E-state index contributed by atoms with van der Waals surface area (Å²) >= 11 is 0. The van der Waals surface area contributed by atoms with E-state index in [0.29, 0.717) is 11.7 Å². The Balaban J connectivity index is 1.74. The van der Waals surface area contributed by atoms with Crippen LogP contribution in [0.4, 0.5) is 0 Å². The highest BCUT2D eigenvalue weighted by molar-refractivity contribution is 5.88. The van der Waals surface area contributed by atoms with E-state index in [2.05, 4.69) is 6.07 Å². The molecule has 5 atom stereocenters. The van der Waals surface area contributed by atoms with Crippen molar-refractivity contribution in [1.29, 1.82) is 5.26 Å². The van der Waals surface area contributed by atoms with Gasteiger partial charge in [-0.1, -0.05) is 67.6 Å². The van der Waals surface area contributed by atoms with E-state index in [0.717, 1.165) is 35.2 Å². The lowest BCUT2D eigenvalue weighted by atomic mass is 9.56. The van der Waals surface area contributed by atoms with Crippen LogP contribution in [0, 0.1) is 29.1 Å². The lowest BCUT2D eigenvalue weighted by molar-refractivity contribution is -0.131. The summed E-state index contributed by atoms with van der Waals surface area (Å²) in [6, 6.07) is 22.2. The van der Waals surface area contributed by atoms with Crippen molar-refractivity contribution in [2.24, 2.45) is 17.8 Å². The minimum absolute atomic E-state index is 0.0436. The summed E-state index contributed by atoms with van der Waals surface area (Å²) < 4.78 is 5.71. The molecule has 2 aromatic carbocycles. The molecule has 32 heavy (non-hydrogen) atoms. The van der Waals surface area contributed by atoms with Gasteiger partial charge in [-0.05, 0) is 24.3 Å². The fraction of sp³-hybridized carbons (Fsp3) is 0.333. The Morgan fingerprint density at radius 1 is 1.00 bits per heavy atom. The Labute approximate surface area is 188 Å². The number of fused-ring (bicyclic) bond motifs is 3. The number of methoxy groups -OCH3 is 1. The first-order valence-corrected chi connectivity index (χ1v) is 11.1. The number of aromatic nitrogens is 2. The zero-order valence-electron chi connectivity index (χ0n) is 18.2. The van der Waals surface area contributed by atoms with E-state index in [9.17, 15) is 10.1 Å². The third-order valence-electron chi connectivity index (χ3n) is 7.20. The van der Waals surface area contributed by atoms with Crippen molar-refractivity contribution in [1.82, 2.24) is 9.97 Å². The highest BCUT2D eigenvalue weighted by Gasteiger charge is 2.52. The van der Waals surface area contributed by atoms with Crippen LogP contribution in [0.2, 0.25) is 0 Å². The van der Waals surface area contributed by atoms with Gasteiger partial charge in [-0.25, -0.2) is 4.98 Å². The molecule has 3 unspecified atom stereocenters. The SMILES string of the molecule is COc1nc(-c2ccccc2)nc2c1CCC1C2[C@@H](c2ccccc2)C(C#N)C(=O)[C@H]1C. The summed E-state index contributed by atoms with van der Waals surface area (Å²) in [6.07, 6.45) is 1.63. The molecule has 1 aromatic heterocycles. The lowest BCUT2D eigenvalue weighted by Gasteiger charge is -2.46. The standard InChI is InChI=1S/C27H25N3O2/c1-16-19-13-14-20-24(29-26(30-27(20)32-2)18-11-7-4-8-12-18)23(19)22(21(15-28)25(16)31)17-9-5-3-6-10-17/h3-12,16,19,21-23H,13-14H2,1-2H3/t16-,19?,21?,22-,23?/m0/s1. The van der Waals surface area contributed by atoms with Gasteiger partial charge in [-0.3, -0.25) is 4.79 Å². The van der Waals surface area contributed by atoms with Gasteiger partial charge in [0.1, 0.15) is 5.92 Å². The van der Waals surface area contributed by atoms with Crippen LogP contribution in [0.25, 0.3) is 11.4 Å². The lowest BCUT2D eigenvalue weighted by Crippen LogP contribution is -2.45. The number of carbonyl (C=O) groups excluding carboxylic acids is 1.